The smallest absolute Gasteiger partial charge is 0.272 e. The highest BCUT2D eigenvalue weighted by molar-refractivity contribution is 5.92. The molecule has 0 aliphatic rings. The van der Waals surface area contributed by atoms with Gasteiger partial charge in [0, 0.05) is 6.07 Å². The van der Waals surface area contributed by atoms with Gasteiger partial charge < -0.3 is 10.3 Å². The lowest BCUT2D eigenvalue weighted by atomic mass is 10.2. The van der Waals surface area contributed by atoms with Crippen molar-refractivity contribution in [3.63, 3.8) is 0 Å². The number of amides is 1. The lowest BCUT2D eigenvalue weighted by Crippen LogP contribution is -2.31. The number of fused-ring (bicyclic) bond motifs is 1. The molecule has 0 aliphatic heterocycles. The fourth-order valence-electron chi connectivity index (χ4n) is 2.96. The fraction of sp³-hybridized carbons (Fsp3) is 0.143. The first-order chi connectivity index (χ1) is 13.6. The fourth-order valence-corrected chi connectivity index (χ4v) is 2.96. The molecule has 140 valence electrons. The van der Waals surface area contributed by atoms with Gasteiger partial charge in [0.15, 0.2) is 0 Å². The third kappa shape index (κ3) is 3.68. The topological polar surface area (TPSA) is 92.7 Å². The molecule has 0 fully saturated rings. The SMILES string of the molecule is C[C@H](NC(=O)c1ccc(=O)n(Cc2ccccc2)n1)c1nc2ccccc2[nH]1. The molecule has 0 saturated carbocycles. The first kappa shape index (κ1) is 17.7. The van der Waals surface area contributed by atoms with Crippen molar-refractivity contribution in [1.29, 1.82) is 0 Å². The Labute approximate surface area is 161 Å². The molecule has 7 nitrogen and oxygen atoms in total. The molecule has 2 N–H and O–H groups in total. The number of nitrogens with zero attached hydrogens (tertiary/aromatic N) is 3. The van der Waals surface area contributed by atoms with Crippen LogP contribution in [0.4, 0.5) is 0 Å². The minimum absolute atomic E-state index is 0.179. The number of carbonyl (C=O) groups excluding carboxylic acids is 1. The van der Waals surface area contributed by atoms with Crippen molar-refractivity contribution in [2.75, 3.05) is 0 Å². The maximum atomic E-state index is 12.6. The van der Waals surface area contributed by atoms with Crippen LogP contribution in [0.15, 0.2) is 71.5 Å². The van der Waals surface area contributed by atoms with Gasteiger partial charge in [-0.1, -0.05) is 42.5 Å². The number of nitrogens with one attached hydrogen (secondary N) is 2. The second kappa shape index (κ2) is 7.48. The van der Waals surface area contributed by atoms with Gasteiger partial charge in [0.2, 0.25) is 0 Å². The highest BCUT2D eigenvalue weighted by Gasteiger charge is 2.16. The molecule has 2 aromatic heterocycles. The van der Waals surface area contributed by atoms with Crippen molar-refractivity contribution in [3.05, 3.63) is 94.2 Å². The third-order valence-corrected chi connectivity index (χ3v) is 4.44. The van der Waals surface area contributed by atoms with Crippen molar-refractivity contribution >= 4 is 16.9 Å². The average Bonchev–Trinajstić information content (AvgIpc) is 3.15. The third-order valence-electron chi connectivity index (χ3n) is 4.44. The summed E-state index contributed by atoms with van der Waals surface area (Å²) in [4.78, 5) is 32.4. The minimum Gasteiger partial charge on any atom is -0.341 e. The second-order valence-electron chi connectivity index (χ2n) is 6.53. The van der Waals surface area contributed by atoms with Crippen LogP contribution in [0, 0.1) is 0 Å². The second-order valence-corrected chi connectivity index (χ2v) is 6.53. The van der Waals surface area contributed by atoms with E-state index < -0.39 is 0 Å². The maximum absolute atomic E-state index is 12.6. The van der Waals surface area contributed by atoms with Crippen molar-refractivity contribution in [1.82, 2.24) is 25.1 Å². The summed E-state index contributed by atoms with van der Waals surface area (Å²) in [6.45, 7) is 2.15. The normalized spacial score (nSPS) is 12.0. The molecule has 4 rings (SSSR count). The number of aromatic nitrogens is 4. The molecular weight excluding hydrogens is 354 g/mol. The number of imidazole rings is 1. The summed E-state index contributed by atoms with van der Waals surface area (Å²) in [5, 5.41) is 7.09. The number of para-hydroxylation sites is 2. The number of hydrogen-bond donors (Lipinski definition) is 2. The van der Waals surface area contributed by atoms with Crippen molar-refractivity contribution in [2.24, 2.45) is 0 Å². The molecule has 28 heavy (non-hydrogen) atoms. The van der Waals surface area contributed by atoms with Gasteiger partial charge in [0.25, 0.3) is 11.5 Å². The van der Waals surface area contributed by atoms with Gasteiger partial charge in [-0.25, -0.2) is 9.67 Å². The first-order valence-electron chi connectivity index (χ1n) is 8.98. The summed E-state index contributed by atoms with van der Waals surface area (Å²) in [6.07, 6.45) is 0. The zero-order valence-electron chi connectivity index (χ0n) is 15.3. The predicted octanol–water partition coefficient (Wildman–Crippen LogP) is 2.66. The monoisotopic (exact) mass is 373 g/mol. The molecule has 1 atom stereocenters. The van der Waals surface area contributed by atoms with E-state index in [1.54, 1.807) is 0 Å². The van der Waals surface area contributed by atoms with Crippen LogP contribution < -0.4 is 10.9 Å². The summed E-state index contributed by atoms with van der Waals surface area (Å²) < 4.78 is 1.29. The lowest BCUT2D eigenvalue weighted by Gasteiger charge is -2.12. The van der Waals surface area contributed by atoms with Crippen LogP contribution in [0.2, 0.25) is 0 Å². The van der Waals surface area contributed by atoms with Crippen LogP contribution in [0.3, 0.4) is 0 Å². The van der Waals surface area contributed by atoms with Crippen molar-refractivity contribution < 1.29 is 4.79 Å². The van der Waals surface area contributed by atoms with Crippen LogP contribution in [0.25, 0.3) is 11.0 Å². The highest BCUT2D eigenvalue weighted by Crippen LogP contribution is 2.15. The zero-order chi connectivity index (χ0) is 19.5. The van der Waals surface area contributed by atoms with E-state index in [1.807, 2.05) is 61.5 Å². The van der Waals surface area contributed by atoms with E-state index >= 15 is 0 Å². The number of benzene rings is 2. The number of H-pyrrole nitrogens is 1. The largest absolute Gasteiger partial charge is 0.341 e. The van der Waals surface area contributed by atoms with E-state index in [0.29, 0.717) is 12.4 Å². The molecule has 0 saturated heterocycles. The summed E-state index contributed by atoms with van der Waals surface area (Å²) in [5.74, 6) is 0.293. The zero-order valence-corrected chi connectivity index (χ0v) is 15.3. The number of rotatable bonds is 5. The predicted molar refractivity (Wildman–Crippen MR) is 106 cm³/mol. The molecule has 0 radical (unpaired) electrons. The summed E-state index contributed by atoms with van der Waals surface area (Å²) >= 11 is 0. The van der Waals surface area contributed by atoms with Gasteiger partial charge in [0.05, 0.1) is 23.6 Å². The van der Waals surface area contributed by atoms with E-state index in [4.69, 9.17) is 0 Å². The van der Waals surface area contributed by atoms with Crippen LogP contribution >= 0.6 is 0 Å². The van der Waals surface area contributed by atoms with Crippen molar-refractivity contribution in [2.45, 2.75) is 19.5 Å². The van der Waals surface area contributed by atoms with E-state index in [1.165, 1.54) is 16.8 Å². The summed E-state index contributed by atoms with van der Waals surface area (Å²) in [5.41, 5.74) is 2.61. The van der Waals surface area contributed by atoms with Crippen LogP contribution in [0.1, 0.15) is 34.8 Å². The standard InChI is InChI=1S/C21H19N5O2/c1-14(20-23-16-9-5-6-10-17(16)24-20)22-21(28)18-11-12-19(27)26(25-18)13-15-7-3-2-4-8-15/h2-12,14H,13H2,1H3,(H,22,28)(H,23,24)/t14-/m0/s1. The molecule has 0 spiro atoms. The Morgan fingerprint density at radius 1 is 1.07 bits per heavy atom. The molecule has 1 amide bonds. The Balaban J connectivity index is 1.52. The Morgan fingerprint density at radius 3 is 2.61 bits per heavy atom. The van der Waals surface area contributed by atoms with Gasteiger partial charge in [-0.05, 0) is 30.7 Å². The average molecular weight is 373 g/mol. The minimum atomic E-state index is -0.366. The van der Waals surface area contributed by atoms with Crippen LogP contribution in [-0.2, 0) is 6.54 Å². The molecule has 0 unspecified atom stereocenters. The Morgan fingerprint density at radius 2 is 1.82 bits per heavy atom. The van der Waals surface area contributed by atoms with Crippen molar-refractivity contribution in [3.8, 4) is 0 Å². The van der Waals surface area contributed by atoms with Crippen LogP contribution in [-0.4, -0.2) is 25.7 Å². The molecule has 0 aliphatic carbocycles. The van der Waals surface area contributed by atoms with Gasteiger partial charge in [0.1, 0.15) is 11.5 Å². The number of hydrogen-bond acceptors (Lipinski definition) is 4. The van der Waals surface area contributed by atoms with Gasteiger partial charge in [-0.3, -0.25) is 9.59 Å². The molecule has 7 heteroatoms. The van der Waals surface area contributed by atoms with E-state index in [-0.39, 0.29) is 23.2 Å². The number of carbonyl (C=O) groups is 1. The maximum Gasteiger partial charge on any atom is 0.272 e. The molecule has 2 aromatic carbocycles. The van der Waals surface area contributed by atoms with Crippen LogP contribution in [0.5, 0.6) is 0 Å². The Bertz CT molecular complexity index is 1150. The molecule has 2 heterocycles. The highest BCUT2D eigenvalue weighted by atomic mass is 16.2. The number of aromatic amines is 1. The summed E-state index contributed by atoms with van der Waals surface area (Å²) in [6, 6.07) is 19.6. The van der Waals surface area contributed by atoms with E-state index in [9.17, 15) is 9.59 Å². The first-order valence-corrected chi connectivity index (χ1v) is 8.98. The quantitative estimate of drug-likeness (QED) is 0.562. The van der Waals surface area contributed by atoms with Gasteiger partial charge in [-0.15, -0.1) is 0 Å². The molecular formula is C21H19N5O2. The molecule has 4 aromatic rings. The molecule has 0 bridgehead atoms. The lowest BCUT2D eigenvalue weighted by molar-refractivity contribution is 0.0931. The van der Waals surface area contributed by atoms with Gasteiger partial charge in [-0.2, -0.15) is 5.10 Å². The summed E-state index contributed by atoms with van der Waals surface area (Å²) in [7, 11) is 0. The van der Waals surface area contributed by atoms with Gasteiger partial charge >= 0.3 is 0 Å². The Kier molecular flexibility index (Phi) is 4.72. The van der Waals surface area contributed by atoms with E-state index in [2.05, 4.69) is 20.4 Å². The van der Waals surface area contributed by atoms with E-state index in [0.717, 1.165) is 16.6 Å². The Hall–Kier alpha value is -3.74.